The van der Waals surface area contributed by atoms with Gasteiger partial charge in [-0.1, -0.05) is 6.92 Å². The molecule has 0 aromatic rings. The van der Waals surface area contributed by atoms with Crippen molar-refractivity contribution in [3.05, 3.63) is 0 Å². The highest BCUT2D eigenvalue weighted by molar-refractivity contribution is 4.81. The molecule has 0 saturated carbocycles. The molecule has 1 fully saturated rings. The van der Waals surface area contributed by atoms with E-state index in [-0.39, 0.29) is 6.61 Å². The predicted octanol–water partition coefficient (Wildman–Crippen LogP) is 1.08. The Morgan fingerprint density at radius 2 is 2.20 bits per heavy atom. The number of aliphatic hydroxyl groups is 1. The third-order valence-corrected chi connectivity index (χ3v) is 3.84. The summed E-state index contributed by atoms with van der Waals surface area (Å²) in [7, 11) is 1.98. The Balaban J connectivity index is 2.40. The zero-order valence-electron chi connectivity index (χ0n) is 10.4. The quantitative estimate of drug-likeness (QED) is 0.719. The minimum atomic E-state index is 0.281. The molecule has 3 unspecified atom stereocenters. The molecule has 0 aromatic heterocycles. The third-order valence-electron chi connectivity index (χ3n) is 3.84. The minimum absolute atomic E-state index is 0.281. The van der Waals surface area contributed by atoms with Crippen LogP contribution >= 0.6 is 0 Å². The highest BCUT2D eigenvalue weighted by atomic mass is 16.3. The van der Waals surface area contributed by atoms with Gasteiger partial charge in [-0.15, -0.1) is 0 Å². The summed E-state index contributed by atoms with van der Waals surface area (Å²) in [5.41, 5.74) is 0. The van der Waals surface area contributed by atoms with Crippen LogP contribution in [-0.2, 0) is 0 Å². The minimum Gasteiger partial charge on any atom is -0.396 e. The van der Waals surface area contributed by atoms with Gasteiger partial charge < -0.3 is 10.4 Å². The van der Waals surface area contributed by atoms with Crippen LogP contribution in [0.15, 0.2) is 0 Å². The Kier molecular flexibility index (Phi) is 5.58. The third kappa shape index (κ3) is 3.74. The van der Waals surface area contributed by atoms with Crippen molar-refractivity contribution in [1.29, 1.82) is 0 Å². The number of hydrogen-bond acceptors (Lipinski definition) is 3. The summed E-state index contributed by atoms with van der Waals surface area (Å²) in [5, 5.41) is 12.2. The van der Waals surface area contributed by atoms with E-state index >= 15 is 0 Å². The van der Waals surface area contributed by atoms with Crippen molar-refractivity contribution in [1.82, 2.24) is 10.2 Å². The molecule has 3 nitrogen and oxygen atoms in total. The van der Waals surface area contributed by atoms with Crippen LogP contribution in [0.4, 0.5) is 0 Å². The van der Waals surface area contributed by atoms with Crippen LogP contribution in [0.5, 0.6) is 0 Å². The summed E-state index contributed by atoms with van der Waals surface area (Å²) in [4.78, 5) is 2.56. The van der Waals surface area contributed by atoms with Crippen LogP contribution in [0.2, 0.25) is 0 Å². The van der Waals surface area contributed by atoms with Crippen LogP contribution in [-0.4, -0.2) is 48.8 Å². The fraction of sp³-hybridized carbons (Fsp3) is 1.00. The van der Waals surface area contributed by atoms with E-state index in [0.717, 1.165) is 18.9 Å². The van der Waals surface area contributed by atoms with E-state index in [9.17, 15) is 0 Å². The summed E-state index contributed by atoms with van der Waals surface area (Å²) in [5.74, 6) is 0.811. The largest absolute Gasteiger partial charge is 0.396 e. The molecule has 0 radical (unpaired) electrons. The molecular weight excluding hydrogens is 188 g/mol. The van der Waals surface area contributed by atoms with Crippen molar-refractivity contribution in [2.45, 2.75) is 45.2 Å². The molecular formula is C12H26N2O. The van der Waals surface area contributed by atoms with Gasteiger partial charge in [-0.05, 0) is 45.7 Å². The molecule has 1 saturated heterocycles. The SMILES string of the molecule is CNC(CCO)CN1CCCC(C)C1C. The number of rotatable bonds is 5. The van der Waals surface area contributed by atoms with Crippen molar-refractivity contribution in [2.75, 3.05) is 26.7 Å². The Bertz CT molecular complexity index is 175. The second-order valence-corrected chi connectivity index (χ2v) is 4.85. The lowest BCUT2D eigenvalue weighted by Crippen LogP contribution is -2.48. The summed E-state index contributed by atoms with van der Waals surface area (Å²) >= 11 is 0. The molecule has 2 N–H and O–H groups in total. The molecule has 1 rings (SSSR count). The topological polar surface area (TPSA) is 35.5 Å². The molecule has 90 valence electrons. The Morgan fingerprint density at radius 1 is 1.47 bits per heavy atom. The zero-order valence-corrected chi connectivity index (χ0v) is 10.4. The van der Waals surface area contributed by atoms with Crippen molar-refractivity contribution in [3.63, 3.8) is 0 Å². The van der Waals surface area contributed by atoms with Crippen LogP contribution in [0.3, 0.4) is 0 Å². The van der Waals surface area contributed by atoms with E-state index in [4.69, 9.17) is 5.11 Å². The van der Waals surface area contributed by atoms with Gasteiger partial charge in [-0.3, -0.25) is 4.90 Å². The number of likely N-dealkylation sites (tertiary alicyclic amines) is 1. The second-order valence-electron chi connectivity index (χ2n) is 4.85. The average Bonchev–Trinajstić information content (AvgIpc) is 2.24. The number of nitrogens with zero attached hydrogens (tertiary/aromatic N) is 1. The Labute approximate surface area is 93.9 Å². The Morgan fingerprint density at radius 3 is 2.80 bits per heavy atom. The maximum absolute atomic E-state index is 8.96. The van der Waals surface area contributed by atoms with E-state index in [0.29, 0.717) is 12.1 Å². The van der Waals surface area contributed by atoms with E-state index < -0.39 is 0 Å². The first-order valence-electron chi connectivity index (χ1n) is 6.21. The highest BCUT2D eigenvalue weighted by Crippen LogP contribution is 2.22. The van der Waals surface area contributed by atoms with Gasteiger partial charge in [0.2, 0.25) is 0 Å². The molecule has 1 aliphatic heterocycles. The zero-order chi connectivity index (χ0) is 11.3. The Hall–Kier alpha value is -0.120. The van der Waals surface area contributed by atoms with E-state index in [1.54, 1.807) is 0 Å². The lowest BCUT2D eigenvalue weighted by Gasteiger charge is -2.39. The van der Waals surface area contributed by atoms with Gasteiger partial charge in [0.1, 0.15) is 0 Å². The maximum atomic E-state index is 8.96. The molecule has 0 amide bonds. The number of likely N-dealkylation sites (N-methyl/N-ethyl adjacent to an activating group) is 1. The first kappa shape index (κ1) is 12.9. The van der Waals surface area contributed by atoms with E-state index in [1.807, 2.05) is 7.05 Å². The van der Waals surface area contributed by atoms with Crippen LogP contribution in [0, 0.1) is 5.92 Å². The van der Waals surface area contributed by atoms with Crippen LogP contribution in [0.1, 0.15) is 33.1 Å². The van der Waals surface area contributed by atoms with Gasteiger partial charge >= 0.3 is 0 Å². The molecule has 1 aliphatic rings. The van der Waals surface area contributed by atoms with Gasteiger partial charge in [0.25, 0.3) is 0 Å². The molecule has 3 atom stereocenters. The van der Waals surface area contributed by atoms with E-state index in [1.165, 1.54) is 19.4 Å². The monoisotopic (exact) mass is 214 g/mol. The fourth-order valence-corrected chi connectivity index (χ4v) is 2.44. The van der Waals surface area contributed by atoms with Gasteiger partial charge in [-0.25, -0.2) is 0 Å². The van der Waals surface area contributed by atoms with Gasteiger partial charge in [0.15, 0.2) is 0 Å². The van der Waals surface area contributed by atoms with Crippen molar-refractivity contribution < 1.29 is 5.11 Å². The lowest BCUT2D eigenvalue weighted by atomic mass is 9.91. The average molecular weight is 214 g/mol. The molecule has 15 heavy (non-hydrogen) atoms. The lowest BCUT2D eigenvalue weighted by molar-refractivity contribution is 0.0979. The summed E-state index contributed by atoms with van der Waals surface area (Å²) in [6.45, 7) is 7.24. The molecule has 1 heterocycles. The smallest absolute Gasteiger partial charge is 0.0446 e. The molecule has 0 aliphatic carbocycles. The van der Waals surface area contributed by atoms with Crippen LogP contribution in [0.25, 0.3) is 0 Å². The maximum Gasteiger partial charge on any atom is 0.0446 e. The normalized spacial score (nSPS) is 30.4. The van der Waals surface area contributed by atoms with Gasteiger partial charge in [-0.2, -0.15) is 0 Å². The summed E-state index contributed by atoms with van der Waals surface area (Å²) in [6.07, 6.45) is 3.54. The van der Waals surface area contributed by atoms with E-state index in [2.05, 4.69) is 24.1 Å². The highest BCUT2D eigenvalue weighted by Gasteiger charge is 2.25. The molecule has 0 spiro atoms. The van der Waals surface area contributed by atoms with Crippen LogP contribution < -0.4 is 5.32 Å². The van der Waals surface area contributed by atoms with Crippen molar-refractivity contribution >= 4 is 0 Å². The summed E-state index contributed by atoms with van der Waals surface area (Å²) in [6, 6.07) is 1.12. The number of nitrogens with one attached hydrogen (secondary N) is 1. The number of hydrogen-bond donors (Lipinski definition) is 2. The summed E-state index contributed by atoms with van der Waals surface area (Å²) < 4.78 is 0. The first-order valence-corrected chi connectivity index (χ1v) is 6.21. The standard InChI is InChI=1S/C12H26N2O/c1-10-5-4-7-14(11(10)2)9-12(13-3)6-8-15/h10-13,15H,4-9H2,1-3H3. The van der Waals surface area contributed by atoms with Crippen molar-refractivity contribution in [3.8, 4) is 0 Å². The predicted molar refractivity (Wildman–Crippen MR) is 64.0 cm³/mol. The molecule has 0 bridgehead atoms. The molecule has 0 aromatic carbocycles. The molecule has 3 heteroatoms. The first-order chi connectivity index (χ1) is 7.19. The second kappa shape index (κ2) is 6.46. The number of piperidine rings is 1. The van der Waals surface area contributed by atoms with Gasteiger partial charge in [0.05, 0.1) is 0 Å². The fourth-order valence-electron chi connectivity index (χ4n) is 2.44. The van der Waals surface area contributed by atoms with Crippen molar-refractivity contribution in [2.24, 2.45) is 5.92 Å². The number of aliphatic hydroxyl groups excluding tert-OH is 1. The van der Waals surface area contributed by atoms with Gasteiger partial charge in [0, 0.05) is 25.2 Å².